The molecule has 3 rings (SSSR count). The molecule has 1 fully saturated rings. The molecule has 0 spiro atoms. The number of piperazine rings is 1. The highest BCUT2D eigenvalue weighted by Gasteiger charge is 2.17. The van der Waals surface area contributed by atoms with E-state index < -0.39 is 0 Å². The first kappa shape index (κ1) is 21.8. The molecule has 0 bridgehead atoms. The fourth-order valence-corrected chi connectivity index (χ4v) is 3.22. The second-order valence-electron chi connectivity index (χ2n) is 6.89. The third-order valence-corrected chi connectivity index (χ3v) is 4.89. The number of carbonyl (C=O) groups is 1. The number of benzene rings is 2. The summed E-state index contributed by atoms with van der Waals surface area (Å²) in [5, 5.41) is 8.80. The van der Waals surface area contributed by atoms with Crippen molar-refractivity contribution in [2.45, 2.75) is 13.0 Å². The predicted octanol–water partition coefficient (Wildman–Crippen LogP) is 3.77. The second-order valence-corrected chi connectivity index (χ2v) is 6.89. The van der Waals surface area contributed by atoms with Crippen molar-refractivity contribution in [3.05, 3.63) is 77.4 Å². The zero-order chi connectivity index (χ0) is 18.9. The highest BCUT2D eigenvalue weighted by Crippen LogP contribution is 2.09. The van der Waals surface area contributed by atoms with Gasteiger partial charge in [-0.2, -0.15) is 5.26 Å². The van der Waals surface area contributed by atoms with Crippen LogP contribution in [-0.2, 0) is 11.3 Å². The minimum absolute atomic E-state index is 0. The molecule has 1 saturated heterocycles. The number of allylic oxidation sites excluding steroid dienone is 1. The molecule has 0 N–H and O–H groups in total. The lowest BCUT2D eigenvalue weighted by atomic mass is 10.1. The molecule has 1 heterocycles. The molecule has 0 amide bonds. The summed E-state index contributed by atoms with van der Waals surface area (Å²) in [6.07, 6.45) is 4.01. The van der Waals surface area contributed by atoms with Crippen LogP contribution < -0.4 is 0 Å². The molecule has 0 unspecified atom stereocenters. The van der Waals surface area contributed by atoms with Gasteiger partial charge in [0.25, 0.3) is 0 Å². The van der Waals surface area contributed by atoms with Gasteiger partial charge in [-0.25, -0.2) is 0 Å². The SMILES string of the molecule is Cl.N#Cc1ccc(C=CC(=O)CCN2CCN(Cc3ccccc3)CC2)cc1. The van der Waals surface area contributed by atoms with Crippen molar-refractivity contribution in [1.82, 2.24) is 9.80 Å². The Labute approximate surface area is 173 Å². The molecular formula is C23H26ClN3O. The summed E-state index contributed by atoms with van der Waals surface area (Å²) in [4.78, 5) is 17.0. The van der Waals surface area contributed by atoms with Crippen LogP contribution in [0, 0.1) is 11.3 Å². The number of nitriles is 1. The molecule has 4 nitrogen and oxygen atoms in total. The summed E-state index contributed by atoms with van der Waals surface area (Å²) < 4.78 is 0. The number of hydrogen-bond donors (Lipinski definition) is 0. The van der Waals surface area contributed by atoms with Gasteiger partial charge in [-0.3, -0.25) is 9.69 Å². The van der Waals surface area contributed by atoms with Crippen LogP contribution in [-0.4, -0.2) is 48.3 Å². The molecule has 0 radical (unpaired) electrons. The van der Waals surface area contributed by atoms with Crippen LogP contribution in [0.3, 0.4) is 0 Å². The van der Waals surface area contributed by atoms with E-state index in [0.717, 1.165) is 44.8 Å². The smallest absolute Gasteiger partial charge is 0.156 e. The molecule has 28 heavy (non-hydrogen) atoms. The third-order valence-electron chi connectivity index (χ3n) is 4.89. The largest absolute Gasteiger partial charge is 0.300 e. The molecule has 0 aliphatic carbocycles. The van der Waals surface area contributed by atoms with Crippen molar-refractivity contribution in [2.24, 2.45) is 0 Å². The minimum atomic E-state index is 0. The van der Waals surface area contributed by atoms with Crippen molar-refractivity contribution < 1.29 is 4.79 Å². The molecule has 1 aliphatic rings. The number of hydrogen-bond acceptors (Lipinski definition) is 4. The van der Waals surface area contributed by atoms with Crippen LogP contribution in [0.1, 0.15) is 23.1 Å². The number of nitrogens with zero attached hydrogens (tertiary/aromatic N) is 3. The van der Waals surface area contributed by atoms with E-state index in [4.69, 9.17) is 5.26 Å². The Morgan fingerprint density at radius 3 is 2.25 bits per heavy atom. The Balaban J connectivity index is 0.00000280. The van der Waals surface area contributed by atoms with Gasteiger partial charge < -0.3 is 4.90 Å². The fourth-order valence-electron chi connectivity index (χ4n) is 3.22. The molecule has 0 aromatic heterocycles. The summed E-state index contributed by atoms with van der Waals surface area (Å²) in [6.45, 7) is 5.93. The number of rotatable bonds is 7. The Kier molecular flexibility index (Phi) is 8.90. The van der Waals surface area contributed by atoms with Gasteiger partial charge in [0.1, 0.15) is 0 Å². The van der Waals surface area contributed by atoms with Gasteiger partial charge in [0.05, 0.1) is 11.6 Å². The average Bonchev–Trinajstić information content (AvgIpc) is 2.73. The lowest BCUT2D eigenvalue weighted by Crippen LogP contribution is -2.46. The van der Waals surface area contributed by atoms with Crippen LogP contribution in [0.4, 0.5) is 0 Å². The van der Waals surface area contributed by atoms with Gasteiger partial charge in [-0.05, 0) is 29.3 Å². The van der Waals surface area contributed by atoms with Crippen molar-refractivity contribution in [2.75, 3.05) is 32.7 Å². The zero-order valence-electron chi connectivity index (χ0n) is 16.0. The van der Waals surface area contributed by atoms with Crippen molar-refractivity contribution in [3.63, 3.8) is 0 Å². The maximum Gasteiger partial charge on any atom is 0.156 e. The Bertz CT molecular complexity index is 804. The van der Waals surface area contributed by atoms with Crippen molar-refractivity contribution in [1.29, 1.82) is 5.26 Å². The van der Waals surface area contributed by atoms with E-state index in [1.807, 2.05) is 24.3 Å². The molecule has 2 aromatic carbocycles. The number of ketones is 1. The van der Waals surface area contributed by atoms with E-state index in [-0.39, 0.29) is 18.2 Å². The van der Waals surface area contributed by atoms with Crippen LogP contribution in [0.15, 0.2) is 60.7 Å². The standard InChI is InChI=1S/C23H25N3O.ClH/c24-18-21-8-6-20(7-9-21)10-11-23(27)12-13-25-14-16-26(17-15-25)19-22-4-2-1-3-5-22;/h1-11H,12-17,19H2;1H. The Hall–Kier alpha value is -2.45. The van der Waals surface area contributed by atoms with Gasteiger partial charge in [0, 0.05) is 45.7 Å². The van der Waals surface area contributed by atoms with E-state index in [1.54, 1.807) is 18.2 Å². The summed E-state index contributed by atoms with van der Waals surface area (Å²) in [5.74, 6) is 0.145. The maximum absolute atomic E-state index is 12.1. The van der Waals surface area contributed by atoms with Gasteiger partial charge >= 0.3 is 0 Å². The molecule has 146 valence electrons. The normalized spacial score (nSPS) is 15.1. The van der Waals surface area contributed by atoms with Crippen LogP contribution in [0.25, 0.3) is 6.08 Å². The van der Waals surface area contributed by atoms with Gasteiger partial charge in [-0.15, -0.1) is 12.4 Å². The Morgan fingerprint density at radius 2 is 1.61 bits per heavy atom. The third kappa shape index (κ3) is 6.94. The van der Waals surface area contributed by atoms with Crippen molar-refractivity contribution >= 4 is 24.3 Å². The summed E-state index contributed by atoms with van der Waals surface area (Å²) in [5.41, 5.74) is 2.93. The van der Waals surface area contributed by atoms with Crippen LogP contribution in [0.5, 0.6) is 0 Å². The molecule has 5 heteroatoms. The molecule has 0 saturated carbocycles. The highest BCUT2D eigenvalue weighted by molar-refractivity contribution is 5.93. The predicted molar refractivity (Wildman–Crippen MR) is 115 cm³/mol. The summed E-state index contributed by atoms with van der Waals surface area (Å²) >= 11 is 0. The van der Waals surface area contributed by atoms with Crippen LogP contribution in [0.2, 0.25) is 0 Å². The number of halogens is 1. The first-order valence-corrected chi connectivity index (χ1v) is 9.42. The fraction of sp³-hybridized carbons (Fsp3) is 0.304. The van der Waals surface area contributed by atoms with Gasteiger partial charge in [0.2, 0.25) is 0 Å². The van der Waals surface area contributed by atoms with E-state index in [1.165, 1.54) is 5.56 Å². The van der Waals surface area contributed by atoms with E-state index in [0.29, 0.717) is 12.0 Å². The first-order valence-electron chi connectivity index (χ1n) is 9.42. The first-order chi connectivity index (χ1) is 13.2. The average molecular weight is 396 g/mol. The van der Waals surface area contributed by atoms with Gasteiger partial charge in [0.15, 0.2) is 5.78 Å². The minimum Gasteiger partial charge on any atom is -0.300 e. The van der Waals surface area contributed by atoms with E-state index in [2.05, 4.69) is 40.1 Å². The molecular weight excluding hydrogens is 370 g/mol. The quantitative estimate of drug-likeness (QED) is 0.669. The van der Waals surface area contributed by atoms with E-state index in [9.17, 15) is 4.79 Å². The lowest BCUT2D eigenvalue weighted by Gasteiger charge is -2.34. The van der Waals surface area contributed by atoms with E-state index >= 15 is 0 Å². The summed E-state index contributed by atoms with van der Waals surface area (Å²) in [6, 6.07) is 19.9. The maximum atomic E-state index is 12.1. The molecule has 0 atom stereocenters. The zero-order valence-corrected chi connectivity index (χ0v) is 16.8. The molecule has 1 aliphatic heterocycles. The summed E-state index contributed by atoms with van der Waals surface area (Å²) in [7, 11) is 0. The second kappa shape index (κ2) is 11.4. The number of carbonyl (C=O) groups excluding carboxylic acids is 1. The van der Waals surface area contributed by atoms with Crippen molar-refractivity contribution in [3.8, 4) is 6.07 Å². The van der Waals surface area contributed by atoms with Gasteiger partial charge in [-0.1, -0.05) is 48.5 Å². The highest BCUT2D eigenvalue weighted by atomic mass is 35.5. The lowest BCUT2D eigenvalue weighted by molar-refractivity contribution is -0.114. The van der Waals surface area contributed by atoms with Crippen LogP contribution >= 0.6 is 12.4 Å². The monoisotopic (exact) mass is 395 g/mol. The molecule has 2 aromatic rings. The topological polar surface area (TPSA) is 47.3 Å². The Morgan fingerprint density at radius 1 is 0.964 bits per heavy atom.